The molecule has 0 N–H and O–H groups in total. The van der Waals surface area contributed by atoms with Crippen molar-refractivity contribution in [3.8, 4) is 11.6 Å². The molecule has 0 aliphatic rings. The second-order valence-corrected chi connectivity index (χ2v) is 5.26. The maximum Gasteiger partial charge on any atom is 0.232 e. The van der Waals surface area contributed by atoms with E-state index in [1.807, 2.05) is 11.4 Å². The number of hydrogen-bond acceptors (Lipinski definition) is 4. The molecule has 7 heteroatoms. The summed E-state index contributed by atoms with van der Waals surface area (Å²) in [5, 5.41) is 2.69. The van der Waals surface area contributed by atoms with Crippen molar-refractivity contribution in [3.63, 3.8) is 0 Å². The summed E-state index contributed by atoms with van der Waals surface area (Å²) >= 11 is 12.9. The Morgan fingerprint density at radius 2 is 2.00 bits per heavy atom. The van der Waals surface area contributed by atoms with Crippen LogP contribution in [0.5, 0.6) is 11.6 Å². The van der Waals surface area contributed by atoms with E-state index in [2.05, 4.69) is 9.97 Å². The maximum atomic E-state index is 13.1. The zero-order valence-electron chi connectivity index (χ0n) is 9.23. The smallest absolute Gasteiger partial charge is 0.232 e. The van der Waals surface area contributed by atoms with E-state index in [-0.39, 0.29) is 10.3 Å². The van der Waals surface area contributed by atoms with E-state index < -0.39 is 5.82 Å². The van der Waals surface area contributed by atoms with Gasteiger partial charge in [-0.3, -0.25) is 0 Å². The van der Waals surface area contributed by atoms with Gasteiger partial charge in [-0.2, -0.15) is 4.98 Å². The molecule has 2 aromatic heterocycles. The van der Waals surface area contributed by atoms with Crippen LogP contribution in [0.15, 0.2) is 29.6 Å². The van der Waals surface area contributed by atoms with Gasteiger partial charge in [-0.15, -0.1) is 11.3 Å². The molecule has 3 rings (SSSR count). The summed E-state index contributed by atoms with van der Waals surface area (Å²) in [6.07, 6.45) is 0. The first-order chi connectivity index (χ1) is 9.13. The van der Waals surface area contributed by atoms with Crippen LogP contribution < -0.4 is 4.74 Å². The van der Waals surface area contributed by atoms with Crippen LogP contribution in [-0.4, -0.2) is 9.97 Å². The molecule has 0 amide bonds. The van der Waals surface area contributed by atoms with Gasteiger partial charge in [0, 0.05) is 6.07 Å². The number of halogens is 3. The topological polar surface area (TPSA) is 35.0 Å². The predicted molar refractivity (Wildman–Crippen MR) is 73.9 cm³/mol. The number of fused-ring (bicyclic) bond motifs is 1. The third-order valence-electron chi connectivity index (χ3n) is 2.37. The number of ether oxygens (including phenoxy) is 1. The average molecular weight is 315 g/mol. The van der Waals surface area contributed by atoms with Gasteiger partial charge in [0.2, 0.25) is 11.2 Å². The number of thiophene rings is 1. The summed E-state index contributed by atoms with van der Waals surface area (Å²) in [5.41, 5.74) is 0. The highest BCUT2D eigenvalue weighted by Gasteiger charge is 2.11. The second kappa shape index (κ2) is 4.92. The molecule has 3 nitrogen and oxygen atoms in total. The van der Waals surface area contributed by atoms with Crippen LogP contribution in [0.4, 0.5) is 4.39 Å². The SMILES string of the molecule is Fc1ccc(Oc2nc(Cl)nc3sccc23)cc1Cl. The lowest BCUT2D eigenvalue weighted by Gasteiger charge is -2.06. The van der Waals surface area contributed by atoms with Crippen molar-refractivity contribution in [1.82, 2.24) is 9.97 Å². The van der Waals surface area contributed by atoms with Crippen molar-refractivity contribution < 1.29 is 9.13 Å². The second-order valence-electron chi connectivity index (χ2n) is 3.62. The van der Waals surface area contributed by atoms with Crippen LogP contribution in [0.2, 0.25) is 10.3 Å². The molecule has 96 valence electrons. The van der Waals surface area contributed by atoms with Crippen molar-refractivity contribution in [1.29, 1.82) is 0 Å². The van der Waals surface area contributed by atoms with Gasteiger partial charge in [0.25, 0.3) is 0 Å². The van der Waals surface area contributed by atoms with Gasteiger partial charge < -0.3 is 4.74 Å². The van der Waals surface area contributed by atoms with Gasteiger partial charge in [0.1, 0.15) is 16.4 Å². The fourth-order valence-corrected chi connectivity index (χ4v) is 2.67. The van der Waals surface area contributed by atoms with Gasteiger partial charge in [-0.25, -0.2) is 9.37 Å². The molecule has 1 aromatic carbocycles. The molecule has 0 aliphatic carbocycles. The van der Waals surface area contributed by atoms with Gasteiger partial charge in [0.15, 0.2) is 0 Å². The predicted octanol–water partition coefficient (Wildman–Crippen LogP) is 4.93. The molecular formula is C12H5Cl2FN2OS. The average Bonchev–Trinajstić information content (AvgIpc) is 2.82. The fraction of sp³-hybridized carbons (Fsp3) is 0. The Morgan fingerprint density at radius 3 is 2.79 bits per heavy atom. The molecule has 0 saturated carbocycles. The third-order valence-corrected chi connectivity index (χ3v) is 3.63. The Hall–Kier alpha value is -1.43. The first kappa shape index (κ1) is 12.6. The van der Waals surface area contributed by atoms with Crippen LogP contribution in [0, 0.1) is 5.82 Å². The highest BCUT2D eigenvalue weighted by atomic mass is 35.5. The highest BCUT2D eigenvalue weighted by Crippen LogP contribution is 2.32. The van der Waals surface area contributed by atoms with Crippen LogP contribution in [0.25, 0.3) is 10.2 Å². The standard InChI is InChI=1S/C12H5Cl2FN2OS/c13-8-5-6(1-2-9(8)15)18-10-7-3-4-19-11(7)17-12(14)16-10/h1-5H. The Balaban J connectivity index is 2.04. The molecule has 0 atom stereocenters. The van der Waals surface area contributed by atoms with E-state index in [0.29, 0.717) is 11.6 Å². The molecule has 0 bridgehead atoms. The molecule has 19 heavy (non-hydrogen) atoms. The minimum atomic E-state index is -0.504. The van der Waals surface area contributed by atoms with E-state index in [1.165, 1.54) is 29.5 Å². The van der Waals surface area contributed by atoms with Crippen LogP contribution >= 0.6 is 34.5 Å². The van der Waals surface area contributed by atoms with Crippen LogP contribution in [0.3, 0.4) is 0 Å². The minimum absolute atomic E-state index is 0.0146. The molecular weight excluding hydrogens is 310 g/mol. The molecule has 0 spiro atoms. The number of rotatable bonds is 2. The Morgan fingerprint density at radius 1 is 1.16 bits per heavy atom. The lowest BCUT2D eigenvalue weighted by atomic mass is 10.3. The summed E-state index contributed by atoms with van der Waals surface area (Å²) in [6, 6.07) is 5.91. The van der Waals surface area contributed by atoms with E-state index in [9.17, 15) is 4.39 Å². The van der Waals surface area contributed by atoms with Crippen molar-refractivity contribution in [2.75, 3.05) is 0 Å². The lowest BCUT2D eigenvalue weighted by molar-refractivity contribution is 0.467. The highest BCUT2D eigenvalue weighted by molar-refractivity contribution is 7.16. The van der Waals surface area contributed by atoms with E-state index in [1.54, 1.807) is 0 Å². The van der Waals surface area contributed by atoms with Gasteiger partial charge in [-0.1, -0.05) is 11.6 Å². The first-order valence-electron chi connectivity index (χ1n) is 5.17. The van der Waals surface area contributed by atoms with E-state index >= 15 is 0 Å². The molecule has 0 aliphatic heterocycles. The van der Waals surface area contributed by atoms with Gasteiger partial charge in [0.05, 0.1) is 10.4 Å². The molecule has 2 heterocycles. The lowest BCUT2D eigenvalue weighted by Crippen LogP contribution is -1.91. The molecule has 0 radical (unpaired) electrons. The molecule has 0 unspecified atom stereocenters. The van der Waals surface area contributed by atoms with Crippen molar-refractivity contribution >= 4 is 44.8 Å². The van der Waals surface area contributed by atoms with Crippen LogP contribution in [-0.2, 0) is 0 Å². The van der Waals surface area contributed by atoms with Crippen molar-refractivity contribution in [2.24, 2.45) is 0 Å². The summed E-state index contributed by atoms with van der Waals surface area (Å²) in [7, 11) is 0. The third kappa shape index (κ3) is 2.49. The molecule has 0 fully saturated rings. The first-order valence-corrected chi connectivity index (χ1v) is 6.81. The van der Waals surface area contributed by atoms with Crippen molar-refractivity contribution in [3.05, 3.63) is 45.8 Å². The summed E-state index contributed by atoms with van der Waals surface area (Å²) in [6.45, 7) is 0. The number of nitrogens with zero attached hydrogens (tertiary/aromatic N) is 2. The summed E-state index contributed by atoms with van der Waals surface area (Å²) in [5.74, 6) is 0.197. The van der Waals surface area contributed by atoms with E-state index in [0.717, 1.165) is 10.2 Å². The number of aromatic nitrogens is 2. The zero-order chi connectivity index (χ0) is 13.4. The van der Waals surface area contributed by atoms with Crippen LogP contribution in [0.1, 0.15) is 0 Å². The largest absolute Gasteiger partial charge is 0.438 e. The quantitative estimate of drug-likeness (QED) is 0.629. The maximum absolute atomic E-state index is 13.1. The normalized spacial score (nSPS) is 10.9. The monoisotopic (exact) mass is 314 g/mol. The number of hydrogen-bond donors (Lipinski definition) is 0. The van der Waals surface area contributed by atoms with Crippen molar-refractivity contribution in [2.45, 2.75) is 0 Å². The zero-order valence-corrected chi connectivity index (χ0v) is 11.6. The van der Waals surface area contributed by atoms with E-state index in [4.69, 9.17) is 27.9 Å². The number of benzene rings is 1. The Labute approximate surface area is 121 Å². The van der Waals surface area contributed by atoms with Gasteiger partial charge in [-0.05, 0) is 35.2 Å². The molecule has 3 aromatic rings. The Bertz CT molecular complexity index is 763. The fourth-order valence-electron chi connectivity index (χ4n) is 1.53. The minimum Gasteiger partial charge on any atom is -0.438 e. The summed E-state index contributed by atoms with van der Waals surface area (Å²) < 4.78 is 18.7. The van der Waals surface area contributed by atoms with Gasteiger partial charge >= 0.3 is 0 Å². The summed E-state index contributed by atoms with van der Waals surface area (Å²) in [4.78, 5) is 8.82. The molecule has 0 saturated heterocycles. The Kier molecular flexibility index (Phi) is 3.26.